The lowest BCUT2D eigenvalue weighted by Gasteiger charge is -2.22. The highest BCUT2D eigenvalue weighted by Gasteiger charge is 2.27. The van der Waals surface area contributed by atoms with Gasteiger partial charge in [0.05, 0.1) is 14.2 Å². The lowest BCUT2D eigenvalue weighted by molar-refractivity contribution is 0.343. The molecule has 0 aromatic heterocycles. The maximum Gasteiger partial charge on any atom is 0.165 e. The van der Waals surface area contributed by atoms with Gasteiger partial charge in [-0.1, -0.05) is 6.42 Å². The Bertz CT molecular complexity index is 434. The zero-order valence-electron chi connectivity index (χ0n) is 11.2. The van der Waals surface area contributed by atoms with Crippen LogP contribution < -0.4 is 14.8 Å². The van der Waals surface area contributed by atoms with Gasteiger partial charge in [0.25, 0.3) is 0 Å². The van der Waals surface area contributed by atoms with Crippen molar-refractivity contribution in [2.75, 3.05) is 21.3 Å². The third-order valence-electron chi connectivity index (χ3n) is 3.63. The molecule has 2 rings (SSSR count). The van der Waals surface area contributed by atoms with Gasteiger partial charge in [-0.15, -0.1) is 0 Å². The summed E-state index contributed by atoms with van der Waals surface area (Å²) in [6.45, 7) is 0. The molecule has 18 heavy (non-hydrogen) atoms. The summed E-state index contributed by atoms with van der Waals surface area (Å²) in [5.74, 6) is 0.941. The molecule has 100 valence electrons. The van der Waals surface area contributed by atoms with E-state index in [1.807, 2.05) is 7.05 Å². The van der Waals surface area contributed by atoms with Gasteiger partial charge in [-0.2, -0.15) is 0 Å². The van der Waals surface area contributed by atoms with Gasteiger partial charge in [0.1, 0.15) is 5.82 Å². The highest BCUT2D eigenvalue weighted by molar-refractivity contribution is 5.53. The lowest BCUT2D eigenvalue weighted by atomic mass is 9.96. The van der Waals surface area contributed by atoms with Gasteiger partial charge in [0.15, 0.2) is 11.5 Å². The standard InChI is InChI=1S/C14H20FNO2/c1-16-11-7-5-4-6-9-10(15)8-12(17-2)14(18-3)13(9)11/h8,11,16H,4-7H2,1-3H3. The fourth-order valence-corrected chi connectivity index (χ4v) is 2.73. The third kappa shape index (κ3) is 2.17. The van der Waals surface area contributed by atoms with E-state index in [1.54, 1.807) is 7.11 Å². The van der Waals surface area contributed by atoms with Crippen LogP contribution in [0.25, 0.3) is 0 Å². The molecule has 0 bridgehead atoms. The first kappa shape index (κ1) is 13.1. The SMILES string of the molecule is CNC1CCCCc2c(F)cc(OC)c(OC)c21. The Morgan fingerprint density at radius 1 is 1.28 bits per heavy atom. The molecule has 1 N–H and O–H groups in total. The lowest BCUT2D eigenvalue weighted by Crippen LogP contribution is -2.18. The van der Waals surface area contributed by atoms with Crippen LogP contribution in [0.5, 0.6) is 11.5 Å². The molecule has 0 heterocycles. The second-order valence-electron chi connectivity index (χ2n) is 4.57. The van der Waals surface area contributed by atoms with E-state index in [0.717, 1.165) is 36.8 Å². The predicted molar refractivity (Wildman–Crippen MR) is 68.9 cm³/mol. The Hall–Kier alpha value is -1.29. The smallest absolute Gasteiger partial charge is 0.165 e. The van der Waals surface area contributed by atoms with Crippen molar-refractivity contribution < 1.29 is 13.9 Å². The van der Waals surface area contributed by atoms with Crippen LogP contribution in [0.15, 0.2) is 6.07 Å². The van der Waals surface area contributed by atoms with E-state index in [9.17, 15) is 4.39 Å². The second kappa shape index (κ2) is 5.57. The van der Waals surface area contributed by atoms with Gasteiger partial charge in [0, 0.05) is 17.7 Å². The average Bonchev–Trinajstić information content (AvgIpc) is 2.61. The molecule has 1 unspecified atom stereocenters. The van der Waals surface area contributed by atoms with Crippen molar-refractivity contribution in [1.82, 2.24) is 5.32 Å². The molecule has 0 spiro atoms. The fraction of sp³-hybridized carbons (Fsp3) is 0.571. The summed E-state index contributed by atoms with van der Waals surface area (Å²) >= 11 is 0. The zero-order valence-corrected chi connectivity index (χ0v) is 11.2. The zero-order chi connectivity index (χ0) is 13.1. The van der Waals surface area contributed by atoms with Crippen molar-refractivity contribution in [1.29, 1.82) is 0 Å². The van der Waals surface area contributed by atoms with Crippen LogP contribution in [0.2, 0.25) is 0 Å². The van der Waals surface area contributed by atoms with E-state index >= 15 is 0 Å². The van der Waals surface area contributed by atoms with Crippen molar-refractivity contribution in [3.8, 4) is 11.5 Å². The van der Waals surface area contributed by atoms with Crippen LogP contribution in [0.3, 0.4) is 0 Å². The van der Waals surface area contributed by atoms with Crippen LogP contribution in [0.4, 0.5) is 4.39 Å². The van der Waals surface area contributed by atoms with Crippen molar-refractivity contribution in [2.24, 2.45) is 0 Å². The minimum atomic E-state index is -0.190. The Morgan fingerprint density at radius 2 is 2.06 bits per heavy atom. The number of halogens is 1. The van der Waals surface area contributed by atoms with Crippen molar-refractivity contribution in [3.05, 3.63) is 23.0 Å². The number of methoxy groups -OCH3 is 2. The number of ether oxygens (including phenoxy) is 2. The molecule has 1 aromatic rings. The molecule has 1 aliphatic rings. The quantitative estimate of drug-likeness (QED) is 0.840. The van der Waals surface area contributed by atoms with Crippen LogP contribution in [0, 0.1) is 5.82 Å². The Kier molecular flexibility index (Phi) is 4.07. The molecule has 0 saturated heterocycles. The first-order chi connectivity index (χ1) is 8.72. The van der Waals surface area contributed by atoms with E-state index in [-0.39, 0.29) is 11.9 Å². The molecule has 0 aliphatic heterocycles. The summed E-state index contributed by atoms with van der Waals surface area (Å²) in [5, 5.41) is 3.25. The monoisotopic (exact) mass is 253 g/mol. The molecular formula is C14H20FNO2. The van der Waals surface area contributed by atoms with E-state index in [2.05, 4.69) is 5.32 Å². The predicted octanol–water partition coefficient (Wildman–Crippen LogP) is 2.83. The van der Waals surface area contributed by atoms with Gasteiger partial charge in [0.2, 0.25) is 0 Å². The number of nitrogens with one attached hydrogen (secondary N) is 1. The normalized spacial score (nSPS) is 19.0. The average molecular weight is 253 g/mol. The number of hydrogen-bond acceptors (Lipinski definition) is 3. The van der Waals surface area contributed by atoms with Gasteiger partial charge >= 0.3 is 0 Å². The maximum atomic E-state index is 14.2. The van der Waals surface area contributed by atoms with Gasteiger partial charge in [-0.3, -0.25) is 0 Å². The van der Waals surface area contributed by atoms with Gasteiger partial charge < -0.3 is 14.8 Å². The third-order valence-corrected chi connectivity index (χ3v) is 3.63. The van der Waals surface area contributed by atoms with Gasteiger partial charge in [-0.05, 0) is 31.9 Å². The summed E-state index contributed by atoms with van der Waals surface area (Å²) in [7, 11) is 5.04. The van der Waals surface area contributed by atoms with Crippen LogP contribution in [0.1, 0.15) is 36.4 Å². The first-order valence-electron chi connectivity index (χ1n) is 6.33. The van der Waals surface area contributed by atoms with Gasteiger partial charge in [-0.25, -0.2) is 4.39 Å². The summed E-state index contributed by atoms with van der Waals surface area (Å²) in [5.41, 5.74) is 1.69. The molecule has 0 saturated carbocycles. The molecule has 1 aromatic carbocycles. The van der Waals surface area contributed by atoms with Crippen LogP contribution >= 0.6 is 0 Å². The second-order valence-corrected chi connectivity index (χ2v) is 4.57. The van der Waals surface area contributed by atoms with Crippen LogP contribution in [-0.2, 0) is 6.42 Å². The summed E-state index contributed by atoms with van der Waals surface area (Å²) in [4.78, 5) is 0. The molecule has 0 radical (unpaired) electrons. The van der Waals surface area contributed by atoms with Crippen molar-refractivity contribution in [3.63, 3.8) is 0 Å². The summed E-state index contributed by atoms with van der Waals surface area (Å²) < 4.78 is 24.8. The maximum absolute atomic E-state index is 14.2. The molecule has 3 nitrogen and oxygen atoms in total. The molecule has 0 amide bonds. The number of fused-ring (bicyclic) bond motifs is 1. The van der Waals surface area contributed by atoms with E-state index in [4.69, 9.17) is 9.47 Å². The summed E-state index contributed by atoms with van der Waals surface area (Å²) in [6, 6.07) is 1.55. The Morgan fingerprint density at radius 3 is 2.67 bits per heavy atom. The highest BCUT2D eigenvalue weighted by atomic mass is 19.1. The number of benzene rings is 1. The van der Waals surface area contributed by atoms with E-state index in [1.165, 1.54) is 13.2 Å². The van der Waals surface area contributed by atoms with E-state index in [0.29, 0.717) is 11.5 Å². The van der Waals surface area contributed by atoms with Crippen molar-refractivity contribution in [2.45, 2.75) is 31.7 Å². The minimum Gasteiger partial charge on any atom is -0.493 e. The van der Waals surface area contributed by atoms with Crippen LogP contribution in [-0.4, -0.2) is 21.3 Å². The largest absolute Gasteiger partial charge is 0.493 e. The first-order valence-corrected chi connectivity index (χ1v) is 6.33. The molecule has 1 atom stereocenters. The Balaban J connectivity index is 2.64. The molecule has 0 fully saturated rings. The minimum absolute atomic E-state index is 0.127. The molecule has 4 heteroatoms. The van der Waals surface area contributed by atoms with E-state index < -0.39 is 0 Å². The fourth-order valence-electron chi connectivity index (χ4n) is 2.73. The number of hydrogen-bond donors (Lipinski definition) is 1. The number of rotatable bonds is 3. The molecular weight excluding hydrogens is 233 g/mol. The van der Waals surface area contributed by atoms with Crippen molar-refractivity contribution >= 4 is 0 Å². The Labute approximate surface area is 107 Å². The molecule has 1 aliphatic carbocycles. The highest BCUT2D eigenvalue weighted by Crippen LogP contribution is 2.42. The topological polar surface area (TPSA) is 30.5 Å². The summed E-state index contributed by atoms with van der Waals surface area (Å²) in [6.07, 6.45) is 3.86.